The molecule has 2 aliphatic rings. The van der Waals surface area contributed by atoms with Gasteiger partial charge in [0.05, 0.1) is 12.7 Å². The summed E-state index contributed by atoms with van der Waals surface area (Å²) in [6.07, 6.45) is 6.56. The average Bonchev–Trinajstić information content (AvgIpc) is 3.39. The van der Waals surface area contributed by atoms with Crippen LogP contribution in [-0.2, 0) is 11.2 Å². The molecule has 5 rings (SSSR count). The first kappa shape index (κ1) is 16.3. The van der Waals surface area contributed by atoms with E-state index in [2.05, 4.69) is 20.5 Å². The number of rotatable bonds is 4. The van der Waals surface area contributed by atoms with Crippen molar-refractivity contribution in [2.75, 3.05) is 25.1 Å². The number of pyridine rings is 1. The molecule has 0 bridgehead atoms. The van der Waals surface area contributed by atoms with Crippen molar-refractivity contribution in [1.82, 2.24) is 15.2 Å². The van der Waals surface area contributed by atoms with E-state index in [-0.39, 0.29) is 11.9 Å². The van der Waals surface area contributed by atoms with Crippen LogP contribution in [0.4, 0.5) is 5.82 Å². The molecular weight excluding hydrogens is 344 g/mol. The van der Waals surface area contributed by atoms with Crippen LogP contribution in [0.5, 0.6) is 11.5 Å². The molecule has 0 radical (unpaired) electrons. The molecule has 2 aromatic heterocycles. The van der Waals surface area contributed by atoms with Gasteiger partial charge >= 0.3 is 0 Å². The summed E-state index contributed by atoms with van der Waals surface area (Å²) in [5.41, 5.74) is 2.13. The highest BCUT2D eigenvalue weighted by Crippen LogP contribution is 2.41. The molecule has 7 nitrogen and oxygen atoms in total. The highest BCUT2D eigenvalue weighted by Gasteiger charge is 2.22. The van der Waals surface area contributed by atoms with Crippen LogP contribution in [0.3, 0.4) is 0 Å². The van der Waals surface area contributed by atoms with Crippen molar-refractivity contribution in [3.63, 3.8) is 0 Å². The summed E-state index contributed by atoms with van der Waals surface area (Å²) in [6.45, 7) is 2.11. The monoisotopic (exact) mass is 364 g/mol. The molecule has 138 valence electrons. The number of ether oxygens (including phenoxy) is 2. The summed E-state index contributed by atoms with van der Waals surface area (Å²) in [7, 11) is 0. The molecule has 2 aliphatic heterocycles. The van der Waals surface area contributed by atoms with Gasteiger partial charge < -0.3 is 19.9 Å². The molecule has 1 fully saturated rings. The SMILES string of the molecule is Oc1c(-c2nnc(NC[C@@H]3CCCO3)c3cnccc23)ccc2c1CCO2. The molecule has 1 aromatic carbocycles. The maximum absolute atomic E-state index is 10.7. The van der Waals surface area contributed by atoms with Gasteiger partial charge in [-0.3, -0.25) is 4.98 Å². The molecule has 27 heavy (non-hydrogen) atoms. The number of aromatic hydroxyl groups is 1. The molecule has 0 aliphatic carbocycles. The topological polar surface area (TPSA) is 89.4 Å². The zero-order chi connectivity index (χ0) is 18.2. The van der Waals surface area contributed by atoms with Crippen LogP contribution in [0.25, 0.3) is 22.0 Å². The number of fused-ring (bicyclic) bond motifs is 2. The van der Waals surface area contributed by atoms with Crippen LogP contribution in [0.15, 0.2) is 30.6 Å². The summed E-state index contributed by atoms with van der Waals surface area (Å²) < 4.78 is 11.2. The normalized spacial score (nSPS) is 18.4. The summed E-state index contributed by atoms with van der Waals surface area (Å²) in [5, 5.41) is 24.7. The van der Waals surface area contributed by atoms with Crippen LogP contribution in [0, 0.1) is 0 Å². The van der Waals surface area contributed by atoms with Gasteiger partial charge in [0, 0.05) is 53.9 Å². The minimum atomic E-state index is 0.207. The van der Waals surface area contributed by atoms with Crippen LogP contribution in [0.1, 0.15) is 18.4 Å². The van der Waals surface area contributed by atoms with E-state index >= 15 is 0 Å². The fourth-order valence-electron chi connectivity index (χ4n) is 3.79. The Hall–Kier alpha value is -2.93. The van der Waals surface area contributed by atoms with Crippen molar-refractivity contribution in [3.8, 4) is 22.8 Å². The van der Waals surface area contributed by atoms with Gasteiger partial charge in [0.2, 0.25) is 0 Å². The standard InChI is InChI=1S/C20H20N4O3/c25-19-14-6-9-27-17(14)4-3-15(19)18-13-5-7-21-11-16(13)20(24-23-18)22-10-12-2-1-8-26-12/h3-5,7,11-12,25H,1-2,6,8-10H2,(H,22,24)/t12-/m0/s1. The number of hydrogen-bond donors (Lipinski definition) is 2. The number of phenols is 1. The second kappa shape index (κ2) is 6.66. The van der Waals surface area contributed by atoms with Gasteiger partial charge in [0.25, 0.3) is 0 Å². The van der Waals surface area contributed by atoms with E-state index in [9.17, 15) is 5.11 Å². The molecular formula is C20H20N4O3. The maximum atomic E-state index is 10.7. The van der Waals surface area contributed by atoms with E-state index in [1.54, 1.807) is 12.4 Å². The van der Waals surface area contributed by atoms with Gasteiger partial charge in [-0.25, -0.2) is 0 Å². The van der Waals surface area contributed by atoms with Gasteiger partial charge in [-0.2, -0.15) is 0 Å². The fourth-order valence-corrected chi connectivity index (χ4v) is 3.79. The van der Waals surface area contributed by atoms with E-state index in [4.69, 9.17) is 9.47 Å². The van der Waals surface area contributed by atoms with Crippen molar-refractivity contribution in [3.05, 3.63) is 36.2 Å². The van der Waals surface area contributed by atoms with Crippen molar-refractivity contribution >= 4 is 16.6 Å². The minimum absolute atomic E-state index is 0.207. The third-order valence-corrected chi connectivity index (χ3v) is 5.21. The fraction of sp³-hybridized carbons (Fsp3) is 0.350. The maximum Gasteiger partial charge on any atom is 0.158 e. The van der Waals surface area contributed by atoms with Crippen LogP contribution in [-0.4, -0.2) is 46.2 Å². The summed E-state index contributed by atoms with van der Waals surface area (Å²) in [6, 6.07) is 5.62. The number of aromatic nitrogens is 3. The molecule has 4 heterocycles. The first-order valence-electron chi connectivity index (χ1n) is 9.25. The second-order valence-corrected chi connectivity index (χ2v) is 6.87. The number of hydrogen-bond acceptors (Lipinski definition) is 7. The summed E-state index contributed by atoms with van der Waals surface area (Å²) >= 11 is 0. The average molecular weight is 364 g/mol. The zero-order valence-electron chi connectivity index (χ0n) is 14.8. The molecule has 0 unspecified atom stereocenters. The Morgan fingerprint density at radius 2 is 2.11 bits per heavy atom. The first-order chi connectivity index (χ1) is 13.3. The van der Waals surface area contributed by atoms with Gasteiger partial charge in [-0.15, -0.1) is 10.2 Å². The Balaban J connectivity index is 1.55. The number of benzene rings is 1. The van der Waals surface area contributed by atoms with Crippen LogP contribution < -0.4 is 10.1 Å². The summed E-state index contributed by atoms with van der Waals surface area (Å²) in [5.74, 6) is 1.64. The molecule has 0 amide bonds. The minimum Gasteiger partial charge on any atom is -0.507 e. The summed E-state index contributed by atoms with van der Waals surface area (Å²) in [4.78, 5) is 4.25. The van der Waals surface area contributed by atoms with Crippen molar-refractivity contribution < 1.29 is 14.6 Å². The third kappa shape index (κ3) is 2.84. The van der Waals surface area contributed by atoms with Gasteiger partial charge in [-0.05, 0) is 31.0 Å². The van der Waals surface area contributed by atoms with Gasteiger partial charge in [0.1, 0.15) is 17.2 Å². The van der Waals surface area contributed by atoms with E-state index in [1.165, 1.54) is 0 Å². The van der Waals surface area contributed by atoms with E-state index < -0.39 is 0 Å². The lowest BCUT2D eigenvalue weighted by molar-refractivity contribution is 0.120. The lowest BCUT2D eigenvalue weighted by Gasteiger charge is -2.14. The highest BCUT2D eigenvalue weighted by atomic mass is 16.5. The molecule has 1 atom stereocenters. The predicted octanol–water partition coefficient (Wildman–Crippen LogP) is 2.92. The Labute approximate surface area is 156 Å². The van der Waals surface area contributed by atoms with E-state index in [0.29, 0.717) is 36.6 Å². The quantitative estimate of drug-likeness (QED) is 0.736. The Morgan fingerprint density at radius 3 is 3.00 bits per heavy atom. The molecule has 2 N–H and O–H groups in total. The lowest BCUT2D eigenvalue weighted by atomic mass is 10.0. The Morgan fingerprint density at radius 1 is 1.15 bits per heavy atom. The first-order valence-corrected chi connectivity index (χ1v) is 9.25. The molecule has 3 aromatic rings. The number of phenolic OH excluding ortho intramolecular Hbond substituents is 1. The predicted molar refractivity (Wildman–Crippen MR) is 101 cm³/mol. The van der Waals surface area contributed by atoms with Crippen molar-refractivity contribution in [1.29, 1.82) is 0 Å². The zero-order valence-corrected chi connectivity index (χ0v) is 14.8. The van der Waals surface area contributed by atoms with E-state index in [1.807, 2.05) is 18.2 Å². The van der Waals surface area contributed by atoms with Crippen molar-refractivity contribution in [2.24, 2.45) is 0 Å². The molecule has 7 heteroatoms. The second-order valence-electron chi connectivity index (χ2n) is 6.87. The lowest BCUT2D eigenvalue weighted by Crippen LogP contribution is -2.19. The molecule has 1 saturated heterocycles. The third-order valence-electron chi connectivity index (χ3n) is 5.21. The van der Waals surface area contributed by atoms with Crippen LogP contribution >= 0.6 is 0 Å². The Bertz CT molecular complexity index is 1000. The smallest absolute Gasteiger partial charge is 0.158 e. The largest absolute Gasteiger partial charge is 0.507 e. The number of nitrogens with zero attached hydrogens (tertiary/aromatic N) is 3. The molecule has 0 saturated carbocycles. The Kier molecular flexibility index (Phi) is 4.01. The van der Waals surface area contributed by atoms with Gasteiger partial charge in [0.15, 0.2) is 5.82 Å². The van der Waals surface area contributed by atoms with Gasteiger partial charge in [-0.1, -0.05) is 0 Å². The van der Waals surface area contributed by atoms with Crippen LogP contribution in [0.2, 0.25) is 0 Å². The molecule has 0 spiro atoms. The highest BCUT2D eigenvalue weighted by molar-refractivity contribution is 6.00. The number of nitrogens with one attached hydrogen (secondary N) is 1. The van der Waals surface area contributed by atoms with Crippen molar-refractivity contribution in [2.45, 2.75) is 25.4 Å². The number of anilines is 1. The van der Waals surface area contributed by atoms with E-state index in [0.717, 1.165) is 41.5 Å².